The van der Waals surface area contributed by atoms with Gasteiger partial charge in [-0.05, 0) is 74.9 Å². The van der Waals surface area contributed by atoms with Crippen molar-refractivity contribution in [3.63, 3.8) is 0 Å². The van der Waals surface area contributed by atoms with E-state index in [1.165, 1.54) is 0 Å². The molecule has 1 aliphatic heterocycles. The minimum atomic E-state index is -0.116. The Balaban J connectivity index is 1.35. The molecule has 170 valence electrons. The van der Waals surface area contributed by atoms with E-state index in [0.717, 1.165) is 70.2 Å². The molecular formula is C27H30N4O2. The van der Waals surface area contributed by atoms with E-state index in [1.54, 1.807) is 4.90 Å². The normalized spacial score (nSPS) is 15.9. The van der Waals surface area contributed by atoms with Crippen molar-refractivity contribution >= 4 is 28.5 Å². The van der Waals surface area contributed by atoms with E-state index in [1.807, 2.05) is 42.2 Å². The number of benzene rings is 2. The number of nitrogens with one attached hydrogen (secondary N) is 1. The zero-order valence-electron chi connectivity index (χ0n) is 19.4. The molecule has 1 fully saturated rings. The number of carbonyl (C=O) groups excluding carboxylic acids is 2. The van der Waals surface area contributed by atoms with Crippen LogP contribution in [0.5, 0.6) is 0 Å². The second-order valence-electron chi connectivity index (χ2n) is 9.22. The lowest BCUT2D eigenvalue weighted by molar-refractivity contribution is 0.0672. The average Bonchev–Trinajstić information content (AvgIpc) is 2.82. The largest absolute Gasteiger partial charge is 0.335 e. The van der Waals surface area contributed by atoms with Crippen LogP contribution >= 0.6 is 0 Å². The Kier molecular flexibility index (Phi) is 5.75. The summed E-state index contributed by atoms with van der Waals surface area (Å²) in [5.41, 5.74) is 6.97. The molecule has 2 aromatic carbocycles. The van der Waals surface area contributed by atoms with E-state index in [0.29, 0.717) is 26.2 Å². The summed E-state index contributed by atoms with van der Waals surface area (Å²) in [6, 6.07) is 13.9. The number of amides is 3. The van der Waals surface area contributed by atoms with Gasteiger partial charge in [-0.1, -0.05) is 23.8 Å². The van der Waals surface area contributed by atoms with Gasteiger partial charge >= 0.3 is 6.03 Å². The van der Waals surface area contributed by atoms with Crippen molar-refractivity contribution in [1.29, 1.82) is 0 Å². The highest BCUT2D eigenvalue weighted by molar-refractivity contribution is 6.08. The highest BCUT2D eigenvalue weighted by Gasteiger charge is 2.29. The van der Waals surface area contributed by atoms with Gasteiger partial charge in [-0.25, -0.2) is 4.79 Å². The maximum Gasteiger partial charge on any atom is 0.321 e. The molecule has 1 aromatic heterocycles. The fraction of sp³-hybridized carbons (Fsp3) is 0.370. The molecule has 0 radical (unpaired) electrons. The molecule has 6 nitrogen and oxygen atoms in total. The van der Waals surface area contributed by atoms with E-state index >= 15 is 0 Å². The first-order chi connectivity index (χ1) is 16.0. The first kappa shape index (κ1) is 21.4. The van der Waals surface area contributed by atoms with Crippen LogP contribution in [0.1, 0.15) is 45.6 Å². The van der Waals surface area contributed by atoms with Gasteiger partial charge in [0, 0.05) is 42.9 Å². The first-order valence-electron chi connectivity index (χ1n) is 11.8. The van der Waals surface area contributed by atoms with Gasteiger partial charge in [-0.3, -0.25) is 9.78 Å². The quantitative estimate of drug-likeness (QED) is 0.625. The topological polar surface area (TPSA) is 65.5 Å². The van der Waals surface area contributed by atoms with E-state index in [-0.39, 0.29) is 11.9 Å². The van der Waals surface area contributed by atoms with Gasteiger partial charge in [0.05, 0.1) is 11.1 Å². The van der Waals surface area contributed by atoms with Crippen LogP contribution in [0.25, 0.3) is 10.9 Å². The molecule has 0 atom stereocenters. The van der Waals surface area contributed by atoms with Gasteiger partial charge in [0.15, 0.2) is 0 Å². The minimum absolute atomic E-state index is 0.0740. The van der Waals surface area contributed by atoms with Crippen molar-refractivity contribution in [2.45, 2.75) is 39.5 Å². The van der Waals surface area contributed by atoms with E-state index in [4.69, 9.17) is 4.98 Å². The zero-order valence-corrected chi connectivity index (χ0v) is 19.4. The number of urea groups is 1. The SMILES string of the molecule is Cc1cccc(NC(=O)N2CCN(C(=O)c3c4c(nc5ccc(C)cc35)CCCC4)CC2)c1. The molecular weight excluding hydrogens is 412 g/mol. The Labute approximate surface area is 194 Å². The van der Waals surface area contributed by atoms with Gasteiger partial charge in [0.25, 0.3) is 5.91 Å². The predicted octanol–water partition coefficient (Wildman–Crippen LogP) is 4.72. The second kappa shape index (κ2) is 8.85. The Morgan fingerprint density at radius 2 is 1.61 bits per heavy atom. The number of fused-ring (bicyclic) bond motifs is 2. The maximum absolute atomic E-state index is 13.8. The number of aromatic nitrogens is 1. The highest BCUT2D eigenvalue weighted by Crippen LogP contribution is 2.31. The molecule has 1 N–H and O–H groups in total. The molecule has 0 saturated carbocycles. The molecule has 1 saturated heterocycles. The summed E-state index contributed by atoms with van der Waals surface area (Å²) in [6.45, 7) is 6.16. The Morgan fingerprint density at radius 1 is 0.879 bits per heavy atom. The molecule has 2 heterocycles. The Hall–Kier alpha value is -3.41. The zero-order chi connectivity index (χ0) is 22.9. The number of rotatable bonds is 2. The van der Waals surface area contributed by atoms with Crippen molar-refractivity contribution < 1.29 is 9.59 Å². The summed E-state index contributed by atoms with van der Waals surface area (Å²) in [5, 5.41) is 3.93. The van der Waals surface area contributed by atoms with Gasteiger partial charge in [-0.2, -0.15) is 0 Å². The third-order valence-electron chi connectivity index (χ3n) is 6.75. The lowest BCUT2D eigenvalue weighted by Gasteiger charge is -2.35. The summed E-state index contributed by atoms with van der Waals surface area (Å²) in [4.78, 5) is 35.1. The number of anilines is 1. The lowest BCUT2D eigenvalue weighted by Crippen LogP contribution is -2.51. The summed E-state index contributed by atoms with van der Waals surface area (Å²) in [5.74, 6) is 0.0740. The number of aryl methyl sites for hydroxylation is 3. The van der Waals surface area contributed by atoms with Crippen molar-refractivity contribution in [2.75, 3.05) is 31.5 Å². The van der Waals surface area contributed by atoms with Crippen LogP contribution in [0, 0.1) is 13.8 Å². The number of nitrogens with zero attached hydrogens (tertiary/aromatic N) is 3. The van der Waals surface area contributed by atoms with Gasteiger partial charge in [0.2, 0.25) is 0 Å². The minimum Gasteiger partial charge on any atom is -0.335 e. The smallest absolute Gasteiger partial charge is 0.321 e. The third kappa shape index (κ3) is 4.30. The molecule has 0 spiro atoms. The monoisotopic (exact) mass is 442 g/mol. The predicted molar refractivity (Wildman–Crippen MR) is 131 cm³/mol. The molecule has 0 bridgehead atoms. The second-order valence-corrected chi connectivity index (χ2v) is 9.22. The maximum atomic E-state index is 13.8. The van der Waals surface area contributed by atoms with Crippen molar-refractivity contribution in [1.82, 2.24) is 14.8 Å². The van der Waals surface area contributed by atoms with Crippen molar-refractivity contribution in [2.24, 2.45) is 0 Å². The summed E-state index contributed by atoms with van der Waals surface area (Å²) in [7, 11) is 0. The third-order valence-corrected chi connectivity index (χ3v) is 6.75. The number of hydrogen-bond acceptors (Lipinski definition) is 3. The van der Waals surface area contributed by atoms with Gasteiger partial charge < -0.3 is 15.1 Å². The van der Waals surface area contributed by atoms with E-state index in [2.05, 4.69) is 24.4 Å². The first-order valence-corrected chi connectivity index (χ1v) is 11.8. The van der Waals surface area contributed by atoms with Gasteiger partial charge in [-0.15, -0.1) is 0 Å². The summed E-state index contributed by atoms with van der Waals surface area (Å²) >= 11 is 0. The highest BCUT2D eigenvalue weighted by atomic mass is 16.2. The summed E-state index contributed by atoms with van der Waals surface area (Å²) < 4.78 is 0. The van der Waals surface area contributed by atoms with Crippen molar-refractivity contribution in [3.05, 3.63) is 70.4 Å². The molecule has 5 rings (SSSR count). The van der Waals surface area contributed by atoms with Crippen LogP contribution in [0.15, 0.2) is 42.5 Å². The van der Waals surface area contributed by atoms with Crippen LogP contribution in [-0.4, -0.2) is 52.9 Å². The molecule has 3 aromatic rings. The molecule has 3 amide bonds. The van der Waals surface area contributed by atoms with Crippen LogP contribution < -0.4 is 5.32 Å². The Bertz CT molecular complexity index is 1230. The van der Waals surface area contributed by atoms with Gasteiger partial charge in [0.1, 0.15) is 0 Å². The lowest BCUT2D eigenvalue weighted by atomic mass is 9.89. The molecule has 1 aliphatic carbocycles. The number of carbonyl (C=O) groups is 2. The van der Waals surface area contributed by atoms with Crippen LogP contribution in [0.2, 0.25) is 0 Å². The standard InChI is InChI=1S/C27H30N4O2/c1-18-6-5-7-20(16-18)28-27(33)31-14-12-30(13-15-31)26(32)25-21-8-3-4-9-23(21)29-24-11-10-19(2)17-22(24)25/h5-7,10-11,16-17H,3-4,8-9,12-15H2,1-2H3,(H,28,33). The van der Waals surface area contributed by atoms with E-state index < -0.39 is 0 Å². The van der Waals surface area contributed by atoms with Crippen LogP contribution in [-0.2, 0) is 12.8 Å². The van der Waals surface area contributed by atoms with Crippen molar-refractivity contribution in [3.8, 4) is 0 Å². The van der Waals surface area contributed by atoms with E-state index in [9.17, 15) is 9.59 Å². The fourth-order valence-electron chi connectivity index (χ4n) is 4.98. The molecule has 0 unspecified atom stereocenters. The number of pyridine rings is 1. The number of piperazine rings is 1. The molecule has 2 aliphatic rings. The molecule has 6 heteroatoms. The number of hydrogen-bond donors (Lipinski definition) is 1. The molecule has 33 heavy (non-hydrogen) atoms. The van der Waals surface area contributed by atoms with Crippen LogP contribution in [0.4, 0.5) is 10.5 Å². The fourth-order valence-corrected chi connectivity index (χ4v) is 4.98. The van der Waals surface area contributed by atoms with Crippen LogP contribution in [0.3, 0.4) is 0 Å². The average molecular weight is 443 g/mol. The Morgan fingerprint density at radius 3 is 2.39 bits per heavy atom. The summed E-state index contributed by atoms with van der Waals surface area (Å²) in [6.07, 6.45) is 4.07.